The van der Waals surface area contributed by atoms with Crippen LogP contribution in [0.1, 0.15) is 42.8 Å². The molecule has 1 N–H and O–H groups in total. The standard InChI is InChI=1S/C24H26N7O5P/c1-3-18-19(36-37(33-12-7-10-25)34-13-11-26-2)14-20(35-18)31-16-29-21-22(27-15-28-23(21)31)30-24(32)17-8-5-4-6-9-17/h4-6,8-9,15-16,18-20H,3,7,11-14H2,1H3,(H,27,28,30,32). The van der Waals surface area contributed by atoms with E-state index >= 15 is 0 Å². The largest absolute Gasteiger partial charge is 0.352 e. The van der Waals surface area contributed by atoms with E-state index in [0.29, 0.717) is 35.4 Å². The third-order valence-electron chi connectivity index (χ3n) is 5.55. The molecule has 1 saturated heterocycles. The molecule has 1 amide bonds. The number of imidazole rings is 1. The summed E-state index contributed by atoms with van der Waals surface area (Å²) in [5.74, 6) is 0.00723. The molecule has 3 heterocycles. The molecule has 2 aromatic heterocycles. The van der Waals surface area contributed by atoms with Crippen molar-refractivity contribution in [1.82, 2.24) is 19.5 Å². The van der Waals surface area contributed by atoms with Gasteiger partial charge < -0.3 is 28.5 Å². The molecule has 0 saturated carbocycles. The number of nitrogens with one attached hydrogen (secondary N) is 1. The Kier molecular flexibility index (Phi) is 9.44. The first-order chi connectivity index (χ1) is 18.1. The minimum Gasteiger partial charge on any atom is -0.352 e. The van der Waals surface area contributed by atoms with Crippen molar-refractivity contribution in [3.63, 3.8) is 0 Å². The van der Waals surface area contributed by atoms with E-state index in [-0.39, 0.29) is 44.3 Å². The van der Waals surface area contributed by atoms with Gasteiger partial charge in [0.15, 0.2) is 17.0 Å². The monoisotopic (exact) mass is 523 g/mol. The van der Waals surface area contributed by atoms with Crippen molar-refractivity contribution in [1.29, 1.82) is 5.26 Å². The Bertz CT molecular complexity index is 1260. The molecule has 1 aliphatic heterocycles. The smallest absolute Gasteiger partial charge is 0.333 e. The maximum atomic E-state index is 12.6. The highest BCUT2D eigenvalue weighted by atomic mass is 31.2. The number of hydrogen-bond donors (Lipinski definition) is 1. The van der Waals surface area contributed by atoms with E-state index in [9.17, 15) is 4.79 Å². The van der Waals surface area contributed by atoms with E-state index in [1.807, 2.05) is 19.1 Å². The van der Waals surface area contributed by atoms with E-state index in [4.69, 9.17) is 30.1 Å². The van der Waals surface area contributed by atoms with E-state index in [1.54, 1.807) is 35.2 Å². The number of ether oxygens (including phenoxy) is 1. The predicted molar refractivity (Wildman–Crippen MR) is 134 cm³/mol. The number of aromatic nitrogens is 4. The fraction of sp³-hybridized carbons (Fsp3) is 0.417. The number of amides is 1. The number of nitrogens with zero attached hydrogens (tertiary/aromatic N) is 6. The molecule has 4 unspecified atom stereocenters. The molecule has 37 heavy (non-hydrogen) atoms. The highest BCUT2D eigenvalue weighted by Crippen LogP contribution is 2.46. The van der Waals surface area contributed by atoms with E-state index in [0.717, 1.165) is 0 Å². The van der Waals surface area contributed by atoms with Gasteiger partial charge in [-0.15, -0.1) is 0 Å². The van der Waals surface area contributed by atoms with Gasteiger partial charge in [-0.3, -0.25) is 9.36 Å². The van der Waals surface area contributed by atoms with Gasteiger partial charge in [-0.05, 0) is 18.6 Å². The van der Waals surface area contributed by atoms with E-state index in [2.05, 4.69) is 25.1 Å². The molecule has 1 aliphatic rings. The Morgan fingerprint density at radius 1 is 1.30 bits per heavy atom. The number of carbonyl (C=O) groups excluding carboxylic acids is 1. The predicted octanol–water partition coefficient (Wildman–Crippen LogP) is 4.25. The molecule has 0 radical (unpaired) electrons. The van der Waals surface area contributed by atoms with Crippen LogP contribution in [0.15, 0.2) is 43.0 Å². The molecule has 4 rings (SSSR count). The lowest BCUT2D eigenvalue weighted by Crippen LogP contribution is -2.22. The molecule has 3 aromatic rings. The van der Waals surface area contributed by atoms with Gasteiger partial charge in [0, 0.05) is 12.0 Å². The molecular formula is C24H26N7O5P. The van der Waals surface area contributed by atoms with Crippen molar-refractivity contribution in [3.8, 4) is 6.07 Å². The van der Waals surface area contributed by atoms with Crippen LogP contribution in [-0.4, -0.2) is 57.4 Å². The van der Waals surface area contributed by atoms with Gasteiger partial charge in [0.25, 0.3) is 5.91 Å². The quantitative estimate of drug-likeness (QED) is 0.210. The fourth-order valence-corrected chi connectivity index (χ4v) is 4.91. The summed E-state index contributed by atoms with van der Waals surface area (Å²) in [7, 11) is -1.75. The third kappa shape index (κ3) is 6.63. The number of anilines is 1. The van der Waals surface area contributed by atoms with Gasteiger partial charge in [0.05, 0.1) is 37.6 Å². The van der Waals surface area contributed by atoms with Crippen LogP contribution in [-0.2, 0) is 18.3 Å². The molecule has 0 aliphatic carbocycles. The number of hydrogen-bond acceptors (Lipinski definition) is 9. The SMILES string of the molecule is [C-]#[N+]CCOP(OCCC#N)OC1CC(n2cnc3c(NC(=O)c4ccccc4)ncnc32)OC1CC. The first-order valence-electron chi connectivity index (χ1n) is 11.8. The number of fused-ring (bicyclic) bond motifs is 1. The van der Waals surface area contributed by atoms with Crippen LogP contribution >= 0.6 is 8.60 Å². The van der Waals surface area contributed by atoms with Crippen LogP contribution < -0.4 is 5.32 Å². The Hall–Kier alpha value is -3.51. The van der Waals surface area contributed by atoms with Crippen molar-refractivity contribution in [2.75, 3.05) is 25.1 Å². The Morgan fingerprint density at radius 2 is 2.11 bits per heavy atom. The van der Waals surface area contributed by atoms with Crippen molar-refractivity contribution < 1.29 is 23.1 Å². The first-order valence-corrected chi connectivity index (χ1v) is 12.9. The van der Waals surface area contributed by atoms with Gasteiger partial charge in [-0.2, -0.15) is 5.26 Å². The third-order valence-corrected chi connectivity index (χ3v) is 6.78. The second-order valence-corrected chi connectivity index (χ2v) is 9.14. The first kappa shape index (κ1) is 26.6. The van der Waals surface area contributed by atoms with Crippen LogP contribution in [0.3, 0.4) is 0 Å². The summed E-state index contributed by atoms with van der Waals surface area (Å²) in [4.78, 5) is 28.9. The fourth-order valence-electron chi connectivity index (χ4n) is 3.80. The average molecular weight is 523 g/mol. The minimum atomic E-state index is -1.75. The summed E-state index contributed by atoms with van der Waals surface area (Å²) in [6, 6.07) is 10.9. The summed E-state index contributed by atoms with van der Waals surface area (Å²) in [6.45, 7) is 9.47. The van der Waals surface area contributed by atoms with Gasteiger partial charge in [-0.1, -0.05) is 25.1 Å². The maximum absolute atomic E-state index is 12.6. The van der Waals surface area contributed by atoms with Crippen molar-refractivity contribution in [2.24, 2.45) is 0 Å². The van der Waals surface area contributed by atoms with Crippen LogP contribution in [0.5, 0.6) is 0 Å². The molecule has 13 heteroatoms. The van der Waals surface area contributed by atoms with Crippen LogP contribution in [0.2, 0.25) is 0 Å². The summed E-state index contributed by atoms with van der Waals surface area (Å²) in [6.07, 6.45) is 3.34. The zero-order valence-electron chi connectivity index (χ0n) is 20.2. The lowest BCUT2D eigenvalue weighted by atomic mass is 10.1. The Labute approximate surface area is 215 Å². The summed E-state index contributed by atoms with van der Waals surface area (Å²) >= 11 is 0. The molecule has 1 aromatic carbocycles. The zero-order chi connectivity index (χ0) is 26.0. The second kappa shape index (κ2) is 13.2. The zero-order valence-corrected chi connectivity index (χ0v) is 21.1. The molecular weight excluding hydrogens is 497 g/mol. The molecule has 192 valence electrons. The van der Waals surface area contributed by atoms with Crippen LogP contribution in [0, 0.1) is 17.9 Å². The number of carbonyl (C=O) groups is 1. The highest BCUT2D eigenvalue weighted by Gasteiger charge is 2.39. The van der Waals surface area contributed by atoms with Gasteiger partial charge in [-0.25, -0.2) is 21.5 Å². The number of rotatable bonds is 12. The van der Waals surface area contributed by atoms with Gasteiger partial charge in [0.1, 0.15) is 19.2 Å². The summed E-state index contributed by atoms with van der Waals surface area (Å²) in [5, 5.41) is 11.6. The van der Waals surface area contributed by atoms with Gasteiger partial charge in [0.2, 0.25) is 6.54 Å². The van der Waals surface area contributed by atoms with Crippen molar-refractivity contribution in [2.45, 2.75) is 44.6 Å². The van der Waals surface area contributed by atoms with Crippen LogP contribution in [0.4, 0.5) is 5.82 Å². The van der Waals surface area contributed by atoms with E-state index in [1.165, 1.54) is 6.33 Å². The van der Waals surface area contributed by atoms with Crippen molar-refractivity contribution in [3.05, 3.63) is 60.0 Å². The molecule has 12 nitrogen and oxygen atoms in total. The lowest BCUT2D eigenvalue weighted by Gasteiger charge is -2.22. The normalized spacial score (nSPS) is 19.8. The van der Waals surface area contributed by atoms with Crippen LogP contribution in [0.25, 0.3) is 16.0 Å². The maximum Gasteiger partial charge on any atom is 0.333 e. The Morgan fingerprint density at radius 3 is 2.86 bits per heavy atom. The summed E-state index contributed by atoms with van der Waals surface area (Å²) in [5.41, 5.74) is 1.46. The second-order valence-electron chi connectivity index (χ2n) is 7.96. The molecule has 0 spiro atoms. The highest BCUT2D eigenvalue weighted by molar-refractivity contribution is 7.41. The topological polar surface area (TPSA) is 138 Å². The lowest BCUT2D eigenvalue weighted by molar-refractivity contribution is -0.0176. The molecule has 1 fully saturated rings. The van der Waals surface area contributed by atoms with Gasteiger partial charge >= 0.3 is 8.60 Å². The Balaban J connectivity index is 1.48. The number of benzene rings is 1. The van der Waals surface area contributed by atoms with Crippen molar-refractivity contribution >= 4 is 31.5 Å². The average Bonchev–Trinajstić information content (AvgIpc) is 3.53. The summed E-state index contributed by atoms with van der Waals surface area (Å²) < 4.78 is 25.5. The minimum absolute atomic E-state index is 0.175. The number of nitriles is 1. The van der Waals surface area contributed by atoms with E-state index < -0.39 is 14.8 Å². The molecule has 0 bridgehead atoms. The molecule has 4 atom stereocenters.